The van der Waals surface area contributed by atoms with Crippen LogP contribution in [-0.4, -0.2) is 6.54 Å². The highest BCUT2D eigenvalue weighted by molar-refractivity contribution is 9.11. The summed E-state index contributed by atoms with van der Waals surface area (Å²) in [7, 11) is 0. The van der Waals surface area contributed by atoms with Crippen LogP contribution in [0.5, 0.6) is 0 Å². The van der Waals surface area contributed by atoms with Gasteiger partial charge in [0, 0.05) is 15.0 Å². The van der Waals surface area contributed by atoms with E-state index < -0.39 is 0 Å². The van der Waals surface area contributed by atoms with Crippen LogP contribution in [0, 0.1) is 5.41 Å². The topological polar surface area (TPSA) is 12.0 Å². The summed E-state index contributed by atoms with van der Waals surface area (Å²) in [4.78, 5) is 0. The molecule has 0 heterocycles. The first-order valence-corrected chi connectivity index (χ1v) is 8.90. The van der Waals surface area contributed by atoms with Gasteiger partial charge in [0.25, 0.3) is 0 Å². The Morgan fingerprint density at radius 1 is 1.21 bits per heavy atom. The Labute approximate surface area is 133 Å². The predicted octanol–water partition coefficient (Wildman–Crippen LogP) is 5.83. The molecule has 1 aliphatic rings. The van der Waals surface area contributed by atoms with Crippen LogP contribution in [0.1, 0.15) is 57.6 Å². The van der Waals surface area contributed by atoms with Gasteiger partial charge in [0.1, 0.15) is 0 Å². The first-order chi connectivity index (χ1) is 9.13. The van der Waals surface area contributed by atoms with Crippen LogP contribution < -0.4 is 5.32 Å². The van der Waals surface area contributed by atoms with Crippen molar-refractivity contribution in [2.75, 3.05) is 6.54 Å². The minimum atomic E-state index is 0.430. The van der Waals surface area contributed by atoms with E-state index in [0.717, 1.165) is 11.0 Å². The van der Waals surface area contributed by atoms with Crippen molar-refractivity contribution in [3.63, 3.8) is 0 Å². The fourth-order valence-corrected chi connectivity index (χ4v) is 4.38. The van der Waals surface area contributed by atoms with Crippen molar-refractivity contribution in [1.29, 1.82) is 0 Å². The van der Waals surface area contributed by atoms with E-state index in [9.17, 15) is 0 Å². The molecule has 1 fully saturated rings. The van der Waals surface area contributed by atoms with Gasteiger partial charge in [0.15, 0.2) is 0 Å². The van der Waals surface area contributed by atoms with E-state index in [4.69, 9.17) is 0 Å². The zero-order chi connectivity index (χ0) is 13.9. The van der Waals surface area contributed by atoms with Gasteiger partial charge in [-0.05, 0) is 55.0 Å². The van der Waals surface area contributed by atoms with Crippen LogP contribution >= 0.6 is 31.9 Å². The Hall–Kier alpha value is 0.140. The zero-order valence-electron chi connectivity index (χ0n) is 11.8. The molecule has 1 unspecified atom stereocenters. The lowest BCUT2D eigenvalue weighted by Crippen LogP contribution is -2.36. The molecule has 0 aromatic heterocycles. The Balaban J connectivity index is 2.41. The van der Waals surface area contributed by atoms with Gasteiger partial charge in [0.05, 0.1) is 0 Å². The molecule has 0 aliphatic heterocycles. The van der Waals surface area contributed by atoms with Crippen molar-refractivity contribution in [1.82, 2.24) is 5.32 Å². The maximum Gasteiger partial charge on any atom is 0.0388 e. The third-order valence-corrected chi connectivity index (χ3v) is 5.81. The Bertz CT molecular complexity index is 425. The largest absolute Gasteiger partial charge is 0.310 e. The van der Waals surface area contributed by atoms with Crippen LogP contribution in [0.3, 0.4) is 0 Å². The summed E-state index contributed by atoms with van der Waals surface area (Å²) in [5.41, 5.74) is 1.83. The minimum Gasteiger partial charge on any atom is -0.310 e. The molecule has 0 radical (unpaired) electrons. The van der Waals surface area contributed by atoms with Crippen LogP contribution in [-0.2, 0) is 0 Å². The maximum absolute atomic E-state index is 3.75. The van der Waals surface area contributed by atoms with Gasteiger partial charge in [0.2, 0.25) is 0 Å². The van der Waals surface area contributed by atoms with Gasteiger partial charge < -0.3 is 5.32 Å². The second-order valence-corrected chi connectivity index (χ2v) is 7.35. The Kier molecular flexibility index (Phi) is 5.50. The van der Waals surface area contributed by atoms with Crippen molar-refractivity contribution in [3.8, 4) is 0 Å². The number of halogens is 2. The summed E-state index contributed by atoms with van der Waals surface area (Å²) in [5, 5.41) is 3.75. The number of nitrogens with one attached hydrogen (secondary N) is 1. The minimum absolute atomic E-state index is 0.430. The maximum atomic E-state index is 3.75. The first kappa shape index (κ1) is 15.5. The summed E-state index contributed by atoms with van der Waals surface area (Å²) < 4.78 is 2.39. The number of rotatable bonds is 5. The quantitative estimate of drug-likeness (QED) is 0.668. The molecule has 1 aromatic carbocycles. The number of hydrogen-bond acceptors (Lipinski definition) is 1. The molecule has 1 aromatic rings. The molecule has 0 amide bonds. The molecular formula is C16H23Br2N. The van der Waals surface area contributed by atoms with Gasteiger partial charge in [-0.2, -0.15) is 0 Å². The normalized spacial score (nSPS) is 19.6. The van der Waals surface area contributed by atoms with Crippen molar-refractivity contribution in [2.45, 2.75) is 52.0 Å². The lowest BCUT2D eigenvalue weighted by Gasteiger charge is -2.38. The molecule has 19 heavy (non-hydrogen) atoms. The zero-order valence-corrected chi connectivity index (χ0v) is 15.0. The van der Waals surface area contributed by atoms with Gasteiger partial charge >= 0.3 is 0 Å². The number of benzene rings is 1. The second kappa shape index (κ2) is 6.73. The van der Waals surface area contributed by atoms with Gasteiger partial charge in [-0.15, -0.1) is 0 Å². The molecule has 0 saturated heterocycles. The van der Waals surface area contributed by atoms with E-state index in [-0.39, 0.29) is 0 Å². The van der Waals surface area contributed by atoms with Crippen molar-refractivity contribution < 1.29 is 0 Å². The summed E-state index contributed by atoms with van der Waals surface area (Å²) in [6.07, 6.45) is 6.70. The molecular weight excluding hydrogens is 366 g/mol. The lowest BCUT2D eigenvalue weighted by molar-refractivity contribution is 0.188. The van der Waals surface area contributed by atoms with E-state index in [1.807, 2.05) is 0 Å². The molecule has 1 saturated carbocycles. The van der Waals surface area contributed by atoms with E-state index in [1.165, 1.54) is 42.1 Å². The molecule has 1 nitrogen and oxygen atoms in total. The summed E-state index contributed by atoms with van der Waals surface area (Å²) in [6.45, 7) is 5.57. The fourth-order valence-electron chi connectivity index (χ4n) is 3.52. The van der Waals surface area contributed by atoms with Crippen molar-refractivity contribution in [2.24, 2.45) is 5.41 Å². The fraction of sp³-hybridized carbons (Fsp3) is 0.625. The van der Waals surface area contributed by atoms with Crippen LogP contribution in [0.4, 0.5) is 0 Å². The SMILES string of the molecule is CCNC(c1cc(Br)ccc1Br)C1(CC)CCCC1. The summed E-state index contributed by atoms with van der Waals surface area (Å²) >= 11 is 7.36. The highest BCUT2D eigenvalue weighted by Crippen LogP contribution is 2.51. The monoisotopic (exact) mass is 387 g/mol. The lowest BCUT2D eigenvalue weighted by atomic mass is 9.73. The molecule has 3 heteroatoms. The molecule has 0 spiro atoms. The molecule has 1 atom stereocenters. The molecule has 2 rings (SSSR count). The third-order valence-electron chi connectivity index (χ3n) is 4.59. The van der Waals surface area contributed by atoms with E-state index in [0.29, 0.717) is 11.5 Å². The van der Waals surface area contributed by atoms with E-state index in [1.54, 1.807) is 0 Å². The summed E-state index contributed by atoms with van der Waals surface area (Å²) in [6, 6.07) is 6.98. The highest BCUT2D eigenvalue weighted by atomic mass is 79.9. The second-order valence-electron chi connectivity index (χ2n) is 5.58. The molecule has 1 N–H and O–H groups in total. The Morgan fingerprint density at radius 3 is 2.47 bits per heavy atom. The van der Waals surface area contributed by atoms with Gasteiger partial charge in [-0.3, -0.25) is 0 Å². The Morgan fingerprint density at radius 2 is 1.89 bits per heavy atom. The predicted molar refractivity (Wildman–Crippen MR) is 89.5 cm³/mol. The van der Waals surface area contributed by atoms with Crippen molar-refractivity contribution in [3.05, 3.63) is 32.7 Å². The highest BCUT2D eigenvalue weighted by Gasteiger charge is 2.40. The average Bonchev–Trinajstić information content (AvgIpc) is 2.89. The van der Waals surface area contributed by atoms with Crippen molar-refractivity contribution >= 4 is 31.9 Å². The van der Waals surface area contributed by atoms with Crippen LogP contribution in [0.15, 0.2) is 27.1 Å². The molecule has 0 bridgehead atoms. The number of hydrogen-bond donors (Lipinski definition) is 1. The first-order valence-electron chi connectivity index (χ1n) is 7.31. The molecule has 1 aliphatic carbocycles. The smallest absolute Gasteiger partial charge is 0.0388 e. The standard InChI is InChI=1S/C16H23Br2N/c1-3-16(9-5-6-10-16)15(19-4-2)13-11-12(17)7-8-14(13)18/h7-8,11,15,19H,3-6,9-10H2,1-2H3. The average molecular weight is 389 g/mol. The van der Waals surface area contributed by atoms with Crippen LogP contribution in [0.2, 0.25) is 0 Å². The van der Waals surface area contributed by atoms with E-state index in [2.05, 4.69) is 69.2 Å². The van der Waals surface area contributed by atoms with Crippen LogP contribution in [0.25, 0.3) is 0 Å². The summed E-state index contributed by atoms with van der Waals surface area (Å²) in [5.74, 6) is 0. The van der Waals surface area contributed by atoms with E-state index >= 15 is 0 Å². The molecule has 106 valence electrons. The van der Waals surface area contributed by atoms with Gasteiger partial charge in [-0.25, -0.2) is 0 Å². The third kappa shape index (κ3) is 3.25. The van der Waals surface area contributed by atoms with Gasteiger partial charge in [-0.1, -0.05) is 58.5 Å².